The maximum Gasteiger partial charge on any atom is 0.231 e. The third-order valence-electron chi connectivity index (χ3n) is 4.30. The fourth-order valence-corrected chi connectivity index (χ4v) is 3.73. The number of fused-ring (bicyclic) bond motifs is 1. The Kier molecular flexibility index (Phi) is 3.26. The molecule has 0 bridgehead atoms. The zero-order valence-electron chi connectivity index (χ0n) is 11.8. The molecule has 1 aliphatic rings. The second-order valence-corrected chi connectivity index (χ2v) is 7.02. The number of aryl methyl sites for hydroxylation is 1. The minimum Gasteiger partial charge on any atom is -0.327 e. The molecule has 2 atom stereocenters. The molecule has 1 amide bonds. The molecule has 3 rings (SSSR count). The van der Waals surface area contributed by atoms with Gasteiger partial charge in [-0.15, -0.1) is 11.3 Å². The molecule has 0 spiro atoms. The average Bonchev–Trinajstić information content (AvgIpc) is 2.92. The highest BCUT2D eigenvalue weighted by atomic mass is 32.1. The van der Waals surface area contributed by atoms with Crippen LogP contribution in [0.4, 0.5) is 5.69 Å². The highest BCUT2D eigenvalue weighted by Crippen LogP contribution is 2.38. The molecule has 1 saturated carbocycles. The Balaban J connectivity index is 1.83. The molecule has 1 fully saturated rings. The summed E-state index contributed by atoms with van der Waals surface area (Å²) >= 11 is 1.64. The number of thiazole rings is 1. The van der Waals surface area contributed by atoms with Crippen molar-refractivity contribution in [3.63, 3.8) is 0 Å². The van der Waals surface area contributed by atoms with Gasteiger partial charge in [-0.3, -0.25) is 4.79 Å². The van der Waals surface area contributed by atoms with Gasteiger partial charge in [-0.05, 0) is 44.9 Å². The topological polar surface area (TPSA) is 68.0 Å². The summed E-state index contributed by atoms with van der Waals surface area (Å²) in [6.45, 7) is 3.96. The monoisotopic (exact) mass is 289 g/mol. The number of hydrogen-bond acceptors (Lipinski definition) is 4. The predicted octanol–water partition coefficient (Wildman–Crippen LogP) is 3.06. The van der Waals surface area contributed by atoms with Crippen LogP contribution in [0.15, 0.2) is 18.2 Å². The summed E-state index contributed by atoms with van der Waals surface area (Å²) in [4.78, 5) is 16.9. The number of carbonyl (C=O) groups excluding carboxylic acids is 1. The number of nitrogens with two attached hydrogens (primary N) is 1. The first kappa shape index (κ1) is 13.5. The molecule has 2 unspecified atom stereocenters. The van der Waals surface area contributed by atoms with Crippen LogP contribution in [0.5, 0.6) is 0 Å². The summed E-state index contributed by atoms with van der Waals surface area (Å²) in [6, 6.07) is 5.80. The van der Waals surface area contributed by atoms with Crippen molar-refractivity contribution in [3.05, 3.63) is 23.2 Å². The Hall–Kier alpha value is -1.46. The van der Waals surface area contributed by atoms with Gasteiger partial charge >= 0.3 is 0 Å². The molecule has 1 aromatic carbocycles. The average molecular weight is 289 g/mol. The van der Waals surface area contributed by atoms with E-state index < -0.39 is 5.41 Å². The van der Waals surface area contributed by atoms with Crippen LogP contribution < -0.4 is 11.1 Å². The van der Waals surface area contributed by atoms with E-state index in [1.54, 1.807) is 11.3 Å². The molecule has 1 aromatic heterocycles. The highest BCUT2D eigenvalue weighted by Gasteiger charge is 2.42. The van der Waals surface area contributed by atoms with E-state index in [9.17, 15) is 4.79 Å². The first-order valence-corrected chi connectivity index (χ1v) is 7.75. The number of benzene rings is 1. The van der Waals surface area contributed by atoms with Crippen LogP contribution in [0, 0.1) is 12.3 Å². The van der Waals surface area contributed by atoms with Crippen LogP contribution in [0.2, 0.25) is 0 Å². The standard InChI is InChI=1S/C15H19N3OS/c1-9-17-11-6-5-10(8-12(11)20-9)18-14(19)15(2)7-3-4-13(15)16/h5-6,8,13H,3-4,7,16H2,1-2H3,(H,18,19). The van der Waals surface area contributed by atoms with Gasteiger partial charge < -0.3 is 11.1 Å². The van der Waals surface area contributed by atoms with Gasteiger partial charge in [0.05, 0.1) is 20.6 Å². The molecule has 0 saturated heterocycles. The lowest BCUT2D eigenvalue weighted by molar-refractivity contribution is -0.125. The number of amides is 1. The third kappa shape index (κ3) is 2.21. The lowest BCUT2D eigenvalue weighted by Gasteiger charge is -2.27. The second-order valence-electron chi connectivity index (χ2n) is 5.79. The van der Waals surface area contributed by atoms with Crippen molar-refractivity contribution in [1.29, 1.82) is 0 Å². The summed E-state index contributed by atoms with van der Waals surface area (Å²) in [5, 5.41) is 4.05. The van der Waals surface area contributed by atoms with Crippen molar-refractivity contribution in [2.24, 2.45) is 11.1 Å². The quantitative estimate of drug-likeness (QED) is 0.892. The first-order valence-electron chi connectivity index (χ1n) is 6.93. The molecule has 3 N–H and O–H groups in total. The van der Waals surface area contributed by atoms with Gasteiger partial charge in [0.15, 0.2) is 0 Å². The number of rotatable bonds is 2. The Bertz CT molecular complexity index is 666. The fourth-order valence-electron chi connectivity index (χ4n) is 2.87. The van der Waals surface area contributed by atoms with E-state index in [1.807, 2.05) is 32.0 Å². The molecule has 20 heavy (non-hydrogen) atoms. The number of hydrogen-bond donors (Lipinski definition) is 2. The van der Waals surface area contributed by atoms with Gasteiger partial charge in [-0.25, -0.2) is 4.98 Å². The van der Waals surface area contributed by atoms with Crippen LogP contribution >= 0.6 is 11.3 Å². The summed E-state index contributed by atoms with van der Waals surface area (Å²) in [6.07, 6.45) is 2.82. The van der Waals surface area contributed by atoms with E-state index in [0.29, 0.717) is 0 Å². The van der Waals surface area contributed by atoms with Crippen molar-refractivity contribution in [3.8, 4) is 0 Å². The number of nitrogens with one attached hydrogen (secondary N) is 1. The zero-order valence-corrected chi connectivity index (χ0v) is 12.6. The number of nitrogens with zero attached hydrogens (tertiary/aromatic N) is 1. The molecule has 0 aliphatic heterocycles. The van der Waals surface area contributed by atoms with Crippen LogP contribution in [0.25, 0.3) is 10.2 Å². The molecule has 0 radical (unpaired) electrons. The minimum absolute atomic E-state index is 0.0306. The van der Waals surface area contributed by atoms with Crippen molar-refractivity contribution in [2.45, 2.75) is 39.2 Å². The lowest BCUT2D eigenvalue weighted by atomic mass is 9.84. The fraction of sp³-hybridized carbons (Fsp3) is 0.467. The van der Waals surface area contributed by atoms with Crippen molar-refractivity contribution in [2.75, 3.05) is 5.32 Å². The third-order valence-corrected chi connectivity index (χ3v) is 5.24. The maximum absolute atomic E-state index is 12.5. The first-order chi connectivity index (χ1) is 9.49. The largest absolute Gasteiger partial charge is 0.327 e. The van der Waals surface area contributed by atoms with E-state index in [-0.39, 0.29) is 11.9 Å². The Morgan fingerprint density at radius 1 is 1.55 bits per heavy atom. The van der Waals surface area contributed by atoms with Gasteiger partial charge in [0.2, 0.25) is 5.91 Å². The van der Waals surface area contributed by atoms with Crippen molar-refractivity contribution >= 4 is 33.1 Å². The highest BCUT2D eigenvalue weighted by molar-refractivity contribution is 7.18. The smallest absolute Gasteiger partial charge is 0.231 e. The Labute approximate surface area is 122 Å². The normalized spacial score (nSPS) is 26.1. The van der Waals surface area contributed by atoms with Crippen molar-refractivity contribution < 1.29 is 4.79 Å². The minimum atomic E-state index is -0.446. The number of aromatic nitrogens is 1. The summed E-state index contributed by atoms with van der Waals surface area (Å²) in [5.74, 6) is 0.0306. The summed E-state index contributed by atoms with van der Waals surface area (Å²) in [5.41, 5.74) is 7.45. The second kappa shape index (κ2) is 4.82. The predicted molar refractivity (Wildman–Crippen MR) is 82.9 cm³/mol. The molecular formula is C15H19N3OS. The Morgan fingerprint density at radius 3 is 3.05 bits per heavy atom. The zero-order chi connectivity index (χ0) is 14.3. The van der Waals surface area contributed by atoms with Crippen molar-refractivity contribution in [1.82, 2.24) is 4.98 Å². The molecule has 4 nitrogen and oxygen atoms in total. The van der Waals surface area contributed by atoms with E-state index in [4.69, 9.17) is 5.73 Å². The van der Waals surface area contributed by atoms with Gasteiger partial charge in [0, 0.05) is 11.7 Å². The summed E-state index contributed by atoms with van der Waals surface area (Å²) < 4.78 is 1.10. The van der Waals surface area contributed by atoms with E-state index in [2.05, 4.69) is 10.3 Å². The van der Waals surface area contributed by atoms with Crippen LogP contribution in [0.1, 0.15) is 31.2 Å². The molecule has 2 aromatic rings. The number of carbonyl (C=O) groups is 1. The van der Waals surface area contributed by atoms with E-state index in [0.717, 1.165) is 40.2 Å². The van der Waals surface area contributed by atoms with Gasteiger partial charge in [0.1, 0.15) is 0 Å². The molecule has 1 aliphatic carbocycles. The van der Waals surface area contributed by atoms with Crippen LogP contribution in [0.3, 0.4) is 0 Å². The lowest BCUT2D eigenvalue weighted by Crippen LogP contribution is -2.44. The molecule has 5 heteroatoms. The molecule has 106 valence electrons. The van der Waals surface area contributed by atoms with Crippen LogP contribution in [-0.4, -0.2) is 16.9 Å². The van der Waals surface area contributed by atoms with Gasteiger partial charge in [-0.2, -0.15) is 0 Å². The molecule has 1 heterocycles. The maximum atomic E-state index is 12.5. The van der Waals surface area contributed by atoms with Crippen LogP contribution in [-0.2, 0) is 4.79 Å². The summed E-state index contributed by atoms with van der Waals surface area (Å²) in [7, 11) is 0. The SMILES string of the molecule is Cc1nc2ccc(NC(=O)C3(C)CCCC3N)cc2s1. The van der Waals surface area contributed by atoms with E-state index in [1.165, 1.54) is 0 Å². The molecular weight excluding hydrogens is 270 g/mol. The van der Waals surface area contributed by atoms with E-state index >= 15 is 0 Å². The number of anilines is 1. The van der Waals surface area contributed by atoms with Gasteiger partial charge in [-0.1, -0.05) is 6.42 Å². The Morgan fingerprint density at radius 2 is 2.35 bits per heavy atom. The van der Waals surface area contributed by atoms with Gasteiger partial charge in [0.25, 0.3) is 0 Å².